The second kappa shape index (κ2) is 8.27. The fraction of sp³-hybridized carbons (Fsp3) is 0.318. The molecule has 0 aliphatic rings. The zero-order chi connectivity index (χ0) is 19.4. The van der Waals surface area contributed by atoms with Crippen molar-refractivity contribution in [1.29, 1.82) is 0 Å². The molecule has 0 spiro atoms. The van der Waals surface area contributed by atoms with Crippen LogP contribution in [0.2, 0.25) is 0 Å². The number of hydrogen-bond acceptors (Lipinski definition) is 4. The van der Waals surface area contributed by atoms with Crippen LogP contribution in [0.15, 0.2) is 46.9 Å². The van der Waals surface area contributed by atoms with Gasteiger partial charge in [0, 0.05) is 12.1 Å². The topological polar surface area (TPSA) is 71.7 Å². The van der Waals surface area contributed by atoms with Gasteiger partial charge in [0.2, 0.25) is 0 Å². The van der Waals surface area contributed by atoms with E-state index in [2.05, 4.69) is 5.32 Å². The minimum atomic E-state index is -0.679. The van der Waals surface area contributed by atoms with E-state index in [0.717, 1.165) is 22.1 Å². The van der Waals surface area contributed by atoms with Crippen LogP contribution in [0.1, 0.15) is 46.9 Å². The number of hydrogen-bond donors (Lipinski definition) is 2. The van der Waals surface area contributed by atoms with Crippen molar-refractivity contribution in [3.63, 3.8) is 0 Å². The van der Waals surface area contributed by atoms with E-state index in [1.807, 2.05) is 63.2 Å². The van der Waals surface area contributed by atoms with Crippen LogP contribution in [0.4, 0.5) is 0 Å². The molecule has 3 aromatic rings. The minimum absolute atomic E-state index is 0.206. The first-order chi connectivity index (χ1) is 13.0. The van der Waals surface area contributed by atoms with Gasteiger partial charge in [-0.15, -0.1) is 0 Å². The van der Waals surface area contributed by atoms with Crippen molar-refractivity contribution in [1.82, 2.24) is 5.32 Å². The van der Waals surface area contributed by atoms with Gasteiger partial charge in [-0.3, -0.25) is 4.79 Å². The number of rotatable bonds is 7. The van der Waals surface area contributed by atoms with Gasteiger partial charge < -0.3 is 19.6 Å². The average molecular weight is 367 g/mol. The SMILES string of the molecule is CCOc1ccc2ccccc2c1C(=O)NCC[C@@H](O)c1cc(C)oc1C. The molecule has 1 amide bonds. The van der Waals surface area contributed by atoms with Crippen LogP contribution < -0.4 is 10.1 Å². The number of carbonyl (C=O) groups excluding carboxylic acids is 1. The molecule has 27 heavy (non-hydrogen) atoms. The van der Waals surface area contributed by atoms with Crippen LogP contribution >= 0.6 is 0 Å². The van der Waals surface area contributed by atoms with E-state index < -0.39 is 6.10 Å². The first kappa shape index (κ1) is 19.0. The lowest BCUT2D eigenvalue weighted by Gasteiger charge is -2.14. The van der Waals surface area contributed by atoms with Gasteiger partial charge in [-0.2, -0.15) is 0 Å². The molecule has 3 rings (SSSR count). The zero-order valence-electron chi connectivity index (χ0n) is 15.9. The van der Waals surface area contributed by atoms with Crippen molar-refractivity contribution >= 4 is 16.7 Å². The standard InChI is InChI=1S/C22H25NO4/c1-4-26-20-10-9-16-7-5-6-8-17(16)21(20)22(25)23-12-11-19(24)18-13-14(2)27-15(18)3/h5-10,13,19,24H,4,11-12H2,1-3H3,(H,23,25)/t19-/m1/s1. The van der Waals surface area contributed by atoms with E-state index in [1.165, 1.54) is 0 Å². The molecule has 0 aliphatic heterocycles. The summed E-state index contributed by atoms with van der Waals surface area (Å²) < 4.78 is 11.1. The summed E-state index contributed by atoms with van der Waals surface area (Å²) in [7, 11) is 0. The number of carbonyl (C=O) groups is 1. The first-order valence-electron chi connectivity index (χ1n) is 9.19. The Hall–Kier alpha value is -2.79. The monoisotopic (exact) mass is 367 g/mol. The third-order valence-corrected chi connectivity index (χ3v) is 4.56. The molecule has 2 N–H and O–H groups in total. The predicted molar refractivity (Wildman–Crippen MR) is 105 cm³/mol. The summed E-state index contributed by atoms with van der Waals surface area (Å²) in [5, 5.41) is 15.1. The van der Waals surface area contributed by atoms with Crippen molar-refractivity contribution in [3.05, 3.63) is 65.1 Å². The Bertz CT molecular complexity index is 945. The molecule has 0 radical (unpaired) electrons. The summed E-state index contributed by atoms with van der Waals surface area (Å²) in [4.78, 5) is 12.9. The number of nitrogens with one attached hydrogen (secondary N) is 1. The van der Waals surface area contributed by atoms with Crippen molar-refractivity contribution in [3.8, 4) is 5.75 Å². The smallest absolute Gasteiger partial charge is 0.255 e. The Kier molecular flexibility index (Phi) is 5.81. The van der Waals surface area contributed by atoms with Crippen molar-refractivity contribution in [2.75, 3.05) is 13.2 Å². The fourth-order valence-electron chi connectivity index (χ4n) is 3.31. The molecule has 5 nitrogen and oxygen atoms in total. The van der Waals surface area contributed by atoms with Crippen LogP contribution in [-0.4, -0.2) is 24.2 Å². The maximum Gasteiger partial charge on any atom is 0.255 e. The van der Waals surface area contributed by atoms with Crippen molar-refractivity contribution in [2.45, 2.75) is 33.3 Å². The molecular weight excluding hydrogens is 342 g/mol. The summed E-state index contributed by atoms with van der Waals surface area (Å²) >= 11 is 0. The molecule has 1 aromatic heterocycles. The number of aliphatic hydroxyl groups excluding tert-OH is 1. The lowest BCUT2D eigenvalue weighted by Crippen LogP contribution is -2.26. The number of benzene rings is 2. The number of furan rings is 1. The van der Waals surface area contributed by atoms with E-state index >= 15 is 0 Å². The van der Waals surface area contributed by atoms with Gasteiger partial charge in [0.25, 0.3) is 5.91 Å². The highest BCUT2D eigenvalue weighted by molar-refractivity contribution is 6.09. The maximum absolute atomic E-state index is 12.9. The number of aryl methyl sites for hydroxylation is 2. The third-order valence-electron chi connectivity index (χ3n) is 4.56. The van der Waals surface area contributed by atoms with Crippen molar-refractivity contribution in [2.24, 2.45) is 0 Å². The number of aliphatic hydroxyl groups is 1. The number of ether oxygens (including phenoxy) is 1. The Morgan fingerprint density at radius 2 is 2.00 bits per heavy atom. The summed E-state index contributed by atoms with van der Waals surface area (Å²) in [6.45, 7) is 6.40. The fourth-order valence-corrected chi connectivity index (χ4v) is 3.31. The van der Waals surface area contributed by atoms with E-state index in [1.54, 1.807) is 0 Å². The van der Waals surface area contributed by atoms with Gasteiger partial charge in [-0.1, -0.05) is 30.3 Å². The van der Waals surface area contributed by atoms with Crippen LogP contribution in [0.5, 0.6) is 5.75 Å². The first-order valence-corrected chi connectivity index (χ1v) is 9.19. The normalized spacial score (nSPS) is 12.1. The molecule has 0 bridgehead atoms. The molecule has 0 saturated carbocycles. The summed E-state index contributed by atoms with van der Waals surface area (Å²) in [6, 6.07) is 13.3. The second-order valence-electron chi connectivity index (χ2n) is 6.52. The Labute approximate surface area is 159 Å². The molecule has 0 aliphatic carbocycles. The van der Waals surface area contributed by atoms with Crippen LogP contribution in [0.3, 0.4) is 0 Å². The highest BCUT2D eigenvalue weighted by atomic mass is 16.5. The van der Waals surface area contributed by atoms with Gasteiger partial charge in [-0.05, 0) is 50.1 Å². The Morgan fingerprint density at radius 1 is 1.22 bits per heavy atom. The summed E-state index contributed by atoms with van der Waals surface area (Å²) in [5.41, 5.74) is 1.29. The van der Waals surface area contributed by atoms with Gasteiger partial charge in [-0.25, -0.2) is 0 Å². The minimum Gasteiger partial charge on any atom is -0.493 e. The molecule has 1 atom stereocenters. The molecule has 142 valence electrons. The van der Waals surface area contributed by atoms with E-state index in [0.29, 0.717) is 36.6 Å². The molecule has 0 unspecified atom stereocenters. The highest BCUT2D eigenvalue weighted by Gasteiger charge is 2.18. The van der Waals surface area contributed by atoms with Crippen LogP contribution in [0.25, 0.3) is 10.8 Å². The number of fused-ring (bicyclic) bond motifs is 1. The van der Waals surface area contributed by atoms with Gasteiger partial charge in [0.1, 0.15) is 17.3 Å². The van der Waals surface area contributed by atoms with Crippen molar-refractivity contribution < 1.29 is 19.1 Å². The summed E-state index contributed by atoms with van der Waals surface area (Å²) in [6.07, 6.45) is -0.276. The Morgan fingerprint density at radius 3 is 2.70 bits per heavy atom. The average Bonchev–Trinajstić information content (AvgIpc) is 2.99. The van der Waals surface area contributed by atoms with Crippen LogP contribution in [0, 0.1) is 13.8 Å². The second-order valence-corrected chi connectivity index (χ2v) is 6.52. The maximum atomic E-state index is 12.9. The summed E-state index contributed by atoms with van der Waals surface area (Å²) in [5.74, 6) is 1.83. The molecular formula is C22H25NO4. The van der Waals surface area contributed by atoms with E-state index in [4.69, 9.17) is 9.15 Å². The van der Waals surface area contributed by atoms with E-state index in [-0.39, 0.29) is 5.91 Å². The molecule has 2 aromatic carbocycles. The molecule has 0 fully saturated rings. The van der Waals surface area contributed by atoms with Crippen LogP contribution in [-0.2, 0) is 0 Å². The molecule has 0 saturated heterocycles. The quantitative estimate of drug-likeness (QED) is 0.653. The predicted octanol–water partition coefficient (Wildman–Crippen LogP) is 4.30. The zero-order valence-corrected chi connectivity index (χ0v) is 15.9. The molecule has 5 heteroatoms. The highest BCUT2D eigenvalue weighted by Crippen LogP contribution is 2.28. The number of amides is 1. The molecule has 1 heterocycles. The largest absolute Gasteiger partial charge is 0.493 e. The van der Waals surface area contributed by atoms with Gasteiger partial charge in [0.15, 0.2) is 0 Å². The van der Waals surface area contributed by atoms with Gasteiger partial charge in [0.05, 0.1) is 18.3 Å². The van der Waals surface area contributed by atoms with E-state index in [9.17, 15) is 9.90 Å². The lowest BCUT2D eigenvalue weighted by molar-refractivity contribution is 0.0940. The van der Waals surface area contributed by atoms with Gasteiger partial charge >= 0.3 is 0 Å². The lowest BCUT2D eigenvalue weighted by atomic mass is 10.0. The Balaban J connectivity index is 1.74. The third kappa shape index (κ3) is 4.14.